The molecule has 0 aromatic rings. The fourth-order valence-electron chi connectivity index (χ4n) is 4.50. The Morgan fingerprint density at radius 2 is 1.67 bits per heavy atom. The van der Waals surface area contributed by atoms with Crippen LogP contribution in [-0.4, -0.2) is 25.1 Å². The molecule has 2 aliphatic rings. The summed E-state index contributed by atoms with van der Waals surface area (Å²) in [6.07, 6.45) is 13.0. The molecule has 3 atom stereocenters. The Kier molecular flexibility index (Phi) is 18.2. The largest absolute Gasteiger partial charge is 0.412 e. The lowest BCUT2D eigenvalue weighted by molar-refractivity contribution is 0.153. The minimum Gasteiger partial charge on any atom is -0.412 e. The summed E-state index contributed by atoms with van der Waals surface area (Å²) in [6.45, 7) is 19.3. The van der Waals surface area contributed by atoms with Gasteiger partial charge in [0.2, 0.25) is 0 Å². The first-order valence-electron chi connectivity index (χ1n) is 11.2. The van der Waals surface area contributed by atoms with E-state index in [4.69, 9.17) is 0 Å². The third-order valence-corrected chi connectivity index (χ3v) is 6.09. The lowest BCUT2D eigenvalue weighted by Crippen LogP contribution is -2.43. The zero-order chi connectivity index (χ0) is 19.9. The van der Waals surface area contributed by atoms with Gasteiger partial charge in [-0.25, -0.2) is 0 Å². The van der Waals surface area contributed by atoms with Crippen LogP contribution in [0.3, 0.4) is 0 Å². The summed E-state index contributed by atoms with van der Waals surface area (Å²) in [4.78, 5) is 0. The van der Waals surface area contributed by atoms with Crippen molar-refractivity contribution in [3.05, 3.63) is 24.9 Å². The molecule has 2 rings (SSSR count). The maximum atomic E-state index is 4.16. The first kappa shape index (κ1) is 28.4. The van der Waals surface area contributed by atoms with Crippen molar-refractivity contribution in [2.75, 3.05) is 13.6 Å². The zero-order valence-electron chi connectivity index (χ0n) is 19.2. The minimum atomic E-state index is 0. The van der Waals surface area contributed by atoms with Crippen molar-refractivity contribution >= 4 is 0 Å². The van der Waals surface area contributed by atoms with E-state index in [9.17, 15) is 0 Å². The summed E-state index contributed by atoms with van der Waals surface area (Å²) < 4.78 is 0. The molecule has 27 heavy (non-hydrogen) atoms. The topological polar surface area (TPSA) is 55.6 Å². The van der Waals surface area contributed by atoms with Gasteiger partial charge in [-0.2, -0.15) is 0 Å². The Bertz CT molecular complexity index is 368. The van der Waals surface area contributed by atoms with E-state index in [0.717, 1.165) is 30.1 Å². The molecule has 0 bridgehead atoms. The third-order valence-electron chi connectivity index (χ3n) is 6.09. The molecule has 1 saturated heterocycles. The second kappa shape index (κ2) is 17.3. The third kappa shape index (κ3) is 11.6. The lowest BCUT2D eigenvalue weighted by Gasteiger charge is -2.39. The van der Waals surface area contributed by atoms with E-state index in [2.05, 4.69) is 37.6 Å². The maximum Gasteiger partial charge on any atom is 0.00417 e. The number of hydrogen-bond donors (Lipinski definition) is 2. The second-order valence-electron chi connectivity index (χ2n) is 8.06. The molecule has 164 valence electrons. The van der Waals surface area contributed by atoms with E-state index in [1.54, 1.807) is 6.08 Å². The van der Waals surface area contributed by atoms with Crippen LogP contribution < -0.4 is 10.6 Å². The molecule has 1 unspecified atom stereocenters. The van der Waals surface area contributed by atoms with Crippen LogP contribution in [0.2, 0.25) is 0 Å². The number of piperidine rings is 1. The van der Waals surface area contributed by atoms with Gasteiger partial charge >= 0.3 is 0 Å². The van der Waals surface area contributed by atoms with Crippen LogP contribution in [0.25, 0.3) is 0 Å². The standard InChI is InChI=1S/C19H36N2.C3H6.C2H6.H2O.H2/c1-5-16-6-8-17(9-7-16)12-19-13-21-15(3)11-18(19)10-14(2)20-4;1-3-2;1-2;;/h15-21H,2,5-13H2,1,3-4H3;3H,1H2,2H3;1-2H3;1H2;1H/t15-,16?,17?,18?,19+;;;;/m1..../s1. The van der Waals surface area contributed by atoms with Gasteiger partial charge in [0.1, 0.15) is 0 Å². The number of rotatable bonds is 6. The van der Waals surface area contributed by atoms with E-state index >= 15 is 0 Å². The Morgan fingerprint density at radius 1 is 1.15 bits per heavy atom. The van der Waals surface area contributed by atoms with E-state index < -0.39 is 0 Å². The number of hydrogen-bond acceptors (Lipinski definition) is 2. The monoisotopic (exact) mass is 384 g/mol. The van der Waals surface area contributed by atoms with Crippen LogP contribution in [0.5, 0.6) is 0 Å². The van der Waals surface area contributed by atoms with Gasteiger partial charge in [0, 0.05) is 20.2 Å². The van der Waals surface area contributed by atoms with Gasteiger partial charge in [-0.05, 0) is 63.3 Å². The molecule has 1 saturated carbocycles. The van der Waals surface area contributed by atoms with Crippen molar-refractivity contribution in [3.63, 3.8) is 0 Å². The highest BCUT2D eigenvalue weighted by Gasteiger charge is 2.31. The van der Waals surface area contributed by atoms with Crippen LogP contribution in [0.1, 0.15) is 87.4 Å². The maximum absolute atomic E-state index is 4.16. The Morgan fingerprint density at radius 3 is 2.15 bits per heavy atom. The SMILES string of the molecule is C=C(CC1C[C@@H](C)NC[C@@H]1CC1CCC(CC)CC1)NC.C=CC.CC.O.[HH]. The van der Waals surface area contributed by atoms with E-state index in [-0.39, 0.29) is 6.90 Å². The molecule has 0 spiro atoms. The van der Waals surface area contributed by atoms with Gasteiger partial charge in [0.25, 0.3) is 0 Å². The van der Waals surface area contributed by atoms with Crippen molar-refractivity contribution in [2.45, 2.75) is 92.0 Å². The van der Waals surface area contributed by atoms with Crippen molar-refractivity contribution < 1.29 is 6.90 Å². The number of allylic oxidation sites excluding steroid dienone is 2. The summed E-state index contributed by atoms with van der Waals surface area (Å²) in [6, 6.07) is 0.673. The van der Waals surface area contributed by atoms with Crippen molar-refractivity contribution in [1.29, 1.82) is 0 Å². The highest BCUT2D eigenvalue weighted by atomic mass is 16.0. The predicted octanol–water partition coefficient (Wildman–Crippen LogP) is 5.97. The van der Waals surface area contributed by atoms with E-state index in [0.29, 0.717) is 6.04 Å². The highest BCUT2D eigenvalue weighted by molar-refractivity contribution is 4.96. The van der Waals surface area contributed by atoms with E-state index in [1.807, 2.05) is 27.8 Å². The fourth-order valence-corrected chi connectivity index (χ4v) is 4.50. The van der Waals surface area contributed by atoms with Crippen LogP contribution in [0.4, 0.5) is 0 Å². The van der Waals surface area contributed by atoms with E-state index in [1.165, 1.54) is 57.2 Å². The highest BCUT2D eigenvalue weighted by Crippen LogP contribution is 2.38. The van der Waals surface area contributed by atoms with Gasteiger partial charge in [0.15, 0.2) is 0 Å². The summed E-state index contributed by atoms with van der Waals surface area (Å²) in [5.74, 6) is 3.68. The molecule has 0 aromatic carbocycles. The Balaban J connectivity index is -0.000000815. The lowest BCUT2D eigenvalue weighted by atomic mass is 9.72. The molecule has 0 radical (unpaired) electrons. The molecule has 1 aliphatic heterocycles. The average Bonchev–Trinajstić information content (AvgIpc) is 2.66. The van der Waals surface area contributed by atoms with Crippen LogP contribution in [0.15, 0.2) is 24.9 Å². The molecule has 1 aliphatic carbocycles. The first-order chi connectivity index (χ1) is 12.5. The van der Waals surface area contributed by atoms with Gasteiger partial charge in [-0.1, -0.05) is 65.5 Å². The Labute approximate surface area is 172 Å². The molecule has 2 fully saturated rings. The predicted molar refractivity (Wildman–Crippen MR) is 125 cm³/mol. The summed E-state index contributed by atoms with van der Waals surface area (Å²) in [7, 11) is 2.01. The molecule has 3 heteroatoms. The summed E-state index contributed by atoms with van der Waals surface area (Å²) in [5, 5.41) is 6.96. The normalized spacial score (nSPS) is 29.6. The van der Waals surface area contributed by atoms with Gasteiger partial charge < -0.3 is 16.1 Å². The molecule has 0 amide bonds. The smallest absolute Gasteiger partial charge is 0.00417 e. The molecular formula is C24H52N2O. The number of nitrogens with one attached hydrogen (secondary N) is 2. The average molecular weight is 385 g/mol. The van der Waals surface area contributed by atoms with Gasteiger partial charge in [0.05, 0.1) is 0 Å². The Hall–Kier alpha value is -0.800. The molecule has 0 aromatic heterocycles. The molecule has 3 nitrogen and oxygen atoms in total. The molecular weight excluding hydrogens is 332 g/mol. The van der Waals surface area contributed by atoms with Crippen LogP contribution >= 0.6 is 0 Å². The van der Waals surface area contributed by atoms with Crippen molar-refractivity contribution in [1.82, 2.24) is 10.6 Å². The molecule has 4 N–H and O–H groups in total. The first-order valence-corrected chi connectivity index (χ1v) is 11.2. The summed E-state index contributed by atoms with van der Waals surface area (Å²) in [5.41, 5.74) is 1.22. The second-order valence-corrected chi connectivity index (χ2v) is 8.06. The van der Waals surface area contributed by atoms with Crippen molar-refractivity contribution in [2.24, 2.45) is 23.7 Å². The minimum absolute atomic E-state index is 0. The van der Waals surface area contributed by atoms with Gasteiger partial charge in [-0.3, -0.25) is 0 Å². The molecule has 1 heterocycles. The summed E-state index contributed by atoms with van der Waals surface area (Å²) >= 11 is 0. The quantitative estimate of drug-likeness (QED) is 0.554. The van der Waals surface area contributed by atoms with Crippen LogP contribution in [-0.2, 0) is 0 Å². The fraction of sp³-hybridized carbons (Fsp3) is 0.833. The zero-order valence-corrected chi connectivity index (χ0v) is 19.2. The van der Waals surface area contributed by atoms with Crippen molar-refractivity contribution in [3.8, 4) is 0 Å². The van der Waals surface area contributed by atoms with Crippen LogP contribution in [0, 0.1) is 23.7 Å². The van der Waals surface area contributed by atoms with Gasteiger partial charge in [-0.15, -0.1) is 6.58 Å².